The molecule has 0 bridgehead atoms. The molecule has 1 rings (SSSR count). The SMILES string of the molecule is CC(CC(=O)O)Sc1nc(Cl)cs1. The first-order valence-corrected chi connectivity index (χ1v) is 5.71. The summed E-state index contributed by atoms with van der Waals surface area (Å²) in [6.07, 6.45) is 0.141. The third-order valence-electron chi connectivity index (χ3n) is 1.22. The molecule has 0 amide bonds. The van der Waals surface area contributed by atoms with Crippen molar-refractivity contribution in [3.05, 3.63) is 10.5 Å². The Bertz CT molecular complexity index is 302. The van der Waals surface area contributed by atoms with Gasteiger partial charge in [0.1, 0.15) is 5.15 Å². The number of aliphatic carboxylic acids is 1. The summed E-state index contributed by atoms with van der Waals surface area (Å²) in [4.78, 5) is 14.4. The third-order valence-corrected chi connectivity index (χ3v) is 3.62. The van der Waals surface area contributed by atoms with Crippen molar-refractivity contribution in [2.45, 2.75) is 22.9 Å². The Morgan fingerprint density at radius 2 is 2.62 bits per heavy atom. The van der Waals surface area contributed by atoms with Crippen molar-refractivity contribution < 1.29 is 9.90 Å². The van der Waals surface area contributed by atoms with E-state index in [1.54, 1.807) is 5.38 Å². The van der Waals surface area contributed by atoms with Crippen LogP contribution < -0.4 is 0 Å². The van der Waals surface area contributed by atoms with E-state index < -0.39 is 5.97 Å². The topological polar surface area (TPSA) is 50.2 Å². The number of thiazole rings is 1. The maximum absolute atomic E-state index is 10.3. The van der Waals surface area contributed by atoms with Gasteiger partial charge in [-0.25, -0.2) is 4.98 Å². The molecule has 1 atom stereocenters. The van der Waals surface area contributed by atoms with Gasteiger partial charge in [0.2, 0.25) is 0 Å². The molecule has 0 spiro atoms. The monoisotopic (exact) mass is 237 g/mol. The molecule has 0 fully saturated rings. The van der Waals surface area contributed by atoms with E-state index >= 15 is 0 Å². The van der Waals surface area contributed by atoms with Crippen LogP contribution in [0.4, 0.5) is 0 Å². The number of carbonyl (C=O) groups is 1. The number of rotatable bonds is 4. The number of nitrogens with zero attached hydrogens (tertiary/aromatic N) is 1. The van der Waals surface area contributed by atoms with Gasteiger partial charge in [0.25, 0.3) is 0 Å². The van der Waals surface area contributed by atoms with E-state index in [4.69, 9.17) is 16.7 Å². The highest BCUT2D eigenvalue weighted by Gasteiger charge is 2.11. The molecule has 1 unspecified atom stereocenters. The van der Waals surface area contributed by atoms with Crippen molar-refractivity contribution in [2.24, 2.45) is 0 Å². The smallest absolute Gasteiger partial charge is 0.304 e. The van der Waals surface area contributed by atoms with Crippen molar-refractivity contribution in [1.29, 1.82) is 0 Å². The molecule has 72 valence electrons. The average Bonchev–Trinajstić information content (AvgIpc) is 2.33. The molecule has 0 saturated heterocycles. The summed E-state index contributed by atoms with van der Waals surface area (Å²) in [5.74, 6) is -0.789. The van der Waals surface area contributed by atoms with E-state index in [0.29, 0.717) is 5.15 Å². The number of halogens is 1. The van der Waals surface area contributed by atoms with Crippen LogP contribution in [0.5, 0.6) is 0 Å². The van der Waals surface area contributed by atoms with Crippen LogP contribution in [0, 0.1) is 0 Å². The van der Waals surface area contributed by atoms with Crippen LogP contribution in [0.25, 0.3) is 0 Å². The second-order valence-electron chi connectivity index (χ2n) is 2.46. The molecule has 13 heavy (non-hydrogen) atoms. The average molecular weight is 238 g/mol. The number of hydrogen-bond donors (Lipinski definition) is 1. The van der Waals surface area contributed by atoms with Gasteiger partial charge in [-0.15, -0.1) is 11.3 Å². The zero-order chi connectivity index (χ0) is 9.84. The molecule has 1 N–H and O–H groups in total. The highest BCUT2D eigenvalue weighted by Crippen LogP contribution is 2.29. The van der Waals surface area contributed by atoms with Crippen LogP contribution in [0.1, 0.15) is 13.3 Å². The van der Waals surface area contributed by atoms with E-state index in [0.717, 1.165) is 4.34 Å². The van der Waals surface area contributed by atoms with Gasteiger partial charge >= 0.3 is 5.97 Å². The maximum Gasteiger partial charge on any atom is 0.304 e. The zero-order valence-electron chi connectivity index (χ0n) is 6.86. The van der Waals surface area contributed by atoms with Gasteiger partial charge in [0.15, 0.2) is 4.34 Å². The van der Waals surface area contributed by atoms with E-state index in [9.17, 15) is 4.79 Å². The maximum atomic E-state index is 10.3. The van der Waals surface area contributed by atoms with Gasteiger partial charge in [-0.05, 0) is 0 Å². The lowest BCUT2D eigenvalue weighted by molar-refractivity contribution is -0.136. The van der Waals surface area contributed by atoms with Crippen molar-refractivity contribution in [3.8, 4) is 0 Å². The molecule has 0 saturated carbocycles. The fourth-order valence-electron chi connectivity index (χ4n) is 0.753. The molecule has 6 heteroatoms. The van der Waals surface area contributed by atoms with Gasteiger partial charge in [0, 0.05) is 10.6 Å². The fraction of sp³-hybridized carbons (Fsp3) is 0.429. The Hall–Kier alpha value is -0.260. The molecule has 0 aliphatic heterocycles. The minimum Gasteiger partial charge on any atom is -0.481 e. The van der Waals surface area contributed by atoms with Crippen LogP contribution in [0.3, 0.4) is 0 Å². The van der Waals surface area contributed by atoms with E-state index in [2.05, 4.69) is 4.98 Å². The molecule has 0 aromatic carbocycles. The highest BCUT2D eigenvalue weighted by molar-refractivity contribution is 8.01. The zero-order valence-corrected chi connectivity index (χ0v) is 9.25. The van der Waals surface area contributed by atoms with Crippen molar-refractivity contribution in [3.63, 3.8) is 0 Å². The van der Waals surface area contributed by atoms with E-state index in [-0.39, 0.29) is 11.7 Å². The van der Waals surface area contributed by atoms with Gasteiger partial charge in [0.05, 0.1) is 6.42 Å². The van der Waals surface area contributed by atoms with Crippen LogP contribution in [0.15, 0.2) is 9.72 Å². The summed E-state index contributed by atoms with van der Waals surface area (Å²) in [5, 5.41) is 10.7. The van der Waals surface area contributed by atoms with Gasteiger partial charge in [-0.3, -0.25) is 4.79 Å². The summed E-state index contributed by atoms with van der Waals surface area (Å²) >= 11 is 8.49. The Labute approximate surface area is 89.1 Å². The Kier molecular flexibility index (Phi) is 4.02. The molecule has 0 radical (unpaired) electrons. The Morgan fingerprint density at radius 1 is 1.92 bits per heavy atom. The summed E-state index contributed by atoms with van der Waals surface area (Å²) in [7, 11) is 0. The van der Waals surface area contributed by atoms with Crippen molar-refractivity contribution >= 4 is 40.7 Å². The lowest BCUT2D eigenvalue weighted by Gasteiger charge is -2.03. The molecule has 1 heterocycles. The first kappa shape index (κ1) is 10.8. The fourth-order valence-corrected chi connectivity index (χ4v) is 3.05. The summed E-state index contributed by atoms with van der Waals surface area (Å²) < 4.78 is 0.818. The van der Waals surface area contributed by atoms with E-state index in [1.165, 1.54) is 23.1 Å². The molecule has 3 nitrogen and oxygen atoms in total. The molecular weight excluding hydrogens is 230 g/mol. The van der Waals surface area contributed by atoms with Crippen molar-refractivity contribution in [1.82, 2.24) is 4.98 Å². The standard InChI is InChI=1S/C7H8ClNO2S2/c1-4(2-6(10)11)13-7-9-5(8)3-12-7/h3-4H,2H2,1H3,(H,10,11). The van der Waals surface area contributed by atoms with E-state index in [1.807, 2.05) is 6.92 Å². The van der Waals surface area contributed by atoms with Gasteiger partial charge in [-0.2, -0.15) is 0 Å². The van der Waals surface area contributed by atoms with Crippen molar-refractivity contribution in [2.75, 3.05) is 0 Å². The molecule has 1 aromatic rings. The number of hydrogen-bond acceptors (Lipinski definition) is 4. The lowest BCUT2D eigenvalue weighted by atomic mass is 10.3. The molecule has 0 aliphatic rings. The molecule has 0 aliphatic carbocycles. The van der Waals surface area contributed by atoms with Crippen LogP contribution >= 0.6 is 34.7 Å². The second kappa shape index (κ2) is 4.83. The Balaban J connectivity index is 2.44. The first-order valence-electron chi connectivity index (χ1n) is 3.57. The number of carboxylic acids is 1. The van der Waals surface area contributed by atoms with Crippen LogP contribution in [-0.2, 0) is 4.79 Å². The predicted octanol–water partition coefficient (Wildman–Crippen LogP) is 2.75. The van der Waals surface area contributed by atoms with Crippen LogP contribution in [0.2, 0.25) is 5.15 Å². The van der Waals surface area contributed by atoms with Crippen LogP contribution in [-0.4, -0.2) is 21.3 Å². The largest absolute Gasteiger partial charge is 0.481 e. The summed E-state index contributed by atoms with van der Waals surface area (Å²) in [6, 6.07) is 0. The predicted molar refractivity (Wildman–Crippen MR) is 54.7 cm³/mol. The Morgan fingerprint density at radius 3 is 3.08 bits per heavy atom. The van der Waals surface area contributed by atoms with Gasteiger partial charge < -0.3 is 5.11 Å². The normalized spacial score (nSPS) is 12.8. The number of thioether (sulfide) groups is 1. The minimum atomic E-state index is -0.789. The molecular formula is C7H8ClNO2S2. The minimum absolute atomic E-state index is 0.0275. The number of carboxylic acid groups (broad SMARTS) is 1. The highest BCUT2D eigenvalue weighted by atomic mass is 35.5. The number of aromatic nitrogens is 1. The molecule has 1 aromatic heterocycles. The lowest BCUT2D eigenvalue weighted by Crippen LogP contribution is -2.05. The third kappa shape index (κ3) is 3.97. The van der Waals surface area contributed by atoms with Gasteiger partial charge in [-0.1, -0.05) is 30.3 Å². The summed E-state index contributed by atoms with van der Waals surface area (Å²) in [6.45, 7) is 1.86. The summed E-state index contributed by atoms with van der Waals surface area (Å²) in [5.41, 5.74) is 0. The first-order chi connectivity index (χ1) is 6.08. The quantitative estimate of drug-likeness (QED) is 0.819. The second-order valence-corrected chi connectivity index (χ2v) is 5.39.